The normalized spacial score (nSPS) is 25.0. The van der Waals surface area contributed by atoms with Gasteiger partial charge in [-0.15, -0.1) is 0 Å². The third kappa shape index (κ3) is 2.00. The van der Waals surface area contributed by atoms with Crippen molar-refractivity contribution < 1.29 is 18.1 Å². The van der Waals surface area contributed by atoms with Crippen LogP contribution in [0.2, 0.25) is 0 Å². The molecule has 0 radical (unpaired) electrons. The average molecular weight is 266 g/mol. The zero-order valence-corrected chi connectivity index (χ0v) is 9.79. The minimum atomic E-state index is -3.92. The lowest BCUT2D eigenvalue weighted by Gasteiger charge is -2.21. The average Bonchev–Trinajstić information content (AvgIpc) is 2.15. The summed E-state index contributed by atoms with van der Waals surface area (Å²) >= 11 is 5.17. The molecule has 1 rings (SSSR count). The first-order chi connectivity index (χ1) is 7.21. The van der Waals surface area contributed by atoms with Gasteiger partial charge in [-0.05, 0) is 17.7 Å². The first-order valence-corrected chi connectivity index (χ1v) is 6.41. The first-order valence-electron chi connectivity index (χ1n) is 4.14. The molecule has 0 N–H and O–H groups in total. The Morgan fingerprint density at radius 3 is 2.44 bits per heavy atom. The molecule has 0 saturated carbocycles. The van der Waals surface area contributed by atoms with Gasteiger partial charge in [0.2, 0.25) is 9.84 Å². The second-order valence-electron chi connectivity index (χ2n) is 3.34. The maximum Gasteiger partial charge on any atom is 0.340 e. The van der Waals surface area contributed by atoms with E-state index in [1.807, 2.05) is 0 Å². The molecule has 0 aromatic rings. The van der Waals surface area contributed by atoms with Gasteiger partial charge in [0, 0.05) is 22.8 Å². The Hall–Kier alpha value is -1.21. The van der Waals surface area contributed by atoms with E-state index in [0.29, 0.717) is 0 Å². The summed E-state index contributed by atoms with van der Waals surface area (Å²) in [5.74, 6) is 0. The minimum Gasteiger partial charge on any atom is -0.276 e. The summed E-state index contributed by atoms with van der Waals surface area (Å²) in [5, 5.41) is 10.1. The molecule has 6 nitrogen and oxygen atoms in total. The molecular weight excluding hydrogens is 258 g/mol. The van der Waals surface area contributed by atoms with E-state index in [9.17, 15) is 23.3 Å². The van der Waals surface area contributed by atoms with Gasteiger partial charge >= 0.3 is 4.87 Å². The van der Waals surface area contributed by atoms with E-state index in [-0.39, 0.29) is 5.57 Å². The van der Waals surface area contributed by atoms with Crippen LogP contribution in [0.15, 0.2) is 23.8 Å². The predicted octanol–water partition coefficient (Wildman–Crippen LogP) is 0.656. The number of rotatable bonds is 3. The molecule has 1 unspecified atom stereocenters. The van der Waals surface area contributed by atoms with Crippen LogP contribution >= 0.6 is 11.6 Å². The van der Waals surface area contributed by atoms with Crippen LogP contribution in [-0.4, -0.2) is 29.7 Å². The van der Waals surface area contributed by atoms with Crippen molar-refractivity contribution >= 4 is 26.7 Å². The van der Waals surface area contributed by atoms with Gasteiger partial charge in [-0.25, -0.2) is 8.42 Å². The molecule has 1 aliphatic rings. The molecule has 1 aliphatic carbocycles. The second-order valence-corrected chi connectivity index (χ2v) is 5.94. The van der Waals surface area contributed by atoms with Gasteiger partial charge in [-0.2, -0.15) is 0 Å². The van der Waals surface area contributed by atoms with Crippen molar-refractivity contribution in [3.05, 3.63) is 33.9 Å². The van der Waals surface area contributed by atoms with E-state index in [0.717, 1.165) is 24.5 Å². The summed E-state index contributed by atoms with van der Waals surface area (Å²) in [4.78, 5) is 18.5. The Balaban J connectivity index is 3.22. The molecule has 0 amide bonds. The monoisotopic (exact) mass is 265 g/mol. The number of hydrogen-bond acceptors (Lipinski definition) is 5. The van der Waals surface area contributed by atoms with E-state index in [4.69, 9.17) is 11.6 Å². The van der Waals surface area contributed by atoms with Crippen LogP contribution in [0.5, 0.6) is 0 Å². The summed E-state index contributed by atoms with van der Waals surface area (Å²) in [6.45, 7) is 0. The molecule has 0 spiro atoms. The van der Waals surface area contributed by atoms with Gasteiger partial charge < -0.3 is 0 Å². The Morgan fingerprint density at radius 1 is 1.62 bits per heavy atom. The smallest absolute Gasteiger partial charge is 0.276 e. The second kappa shape index (κ2) is 3.99. The van der Waals surface area contributed by atoms with Crippen LogP contribution in [0.1, 0.15) is 6.42 Å². The largest absolute Gasteiger partial charge is 0.340 e. The SMILES string of the molecule is CS(=O)(=O)C1([N+](=O)[O-])C=CC(C(=O)Cl)=CC1. The van der Waals surface area contributed by atoms with E-state index in [2.05, 4.69) is 0 Å². The molecule has 0 aliphatic heterocycles. The number of hydrogen-bond donors (Lipinski definition) is 0. The third-order valence-corrected chi connectivity index (χ3v) is 4.27. The van der Waals surface area contributed by atoms with Gasteiger partial charge in [0.15, 0.2) is 0 Å². The standard InChI is InChI=1S/C8H8ClNO5S/c1-16(14,15)8(10(12)13)4-2-6(3-5-8)7(9)11/h2-4H,5H2,1H3. The zero-order chi connectivity index (χ0) is 12.6. The molecule has 0 fully saturated rings. The van der Waals surface area contributed by atoms with E-state index >= 15 is 0 Å². The van der Waals surface area contributed by atoms with Crippen molar-refractivity contribution in [3.63, 3.8) is 0 Å². The van der Waals surface area contributed by atoms with Gasteiger partial charge in [0.25, 0.3) is 5.24 Å². The Morgan fingerprint density at radius 2 is 2.19 bits per heavy atom. The van der Waals surface area contributed by atoms with Crippen molar-refractivity contribution in [2.75, 3.05) is 6.26 Å². The fourth-order valence-electron chi connectivity index (χ4n) is 1.30. The lowest BCUT2D eigenvalue weighted by molar-refractivity contribution is -0.526. The molecule has 0 heterocycles. The fourth-order valence-corrected chi connectivity index (χ4v) is 2.42. The highest BCUT2D eigenvalue weighted by Gasteiger charge is 2.51. The first kappa shape index (κ1) is 12.9. The molecule has 0 aromatic carbocycles. The number of allylic oxidation sites excluding steroid dienone is 2. The van der Waals surface area contributed by atoms with E-state index < -0.39 is 31.3 Å². The van der Waals surface area contributed by atoms with Crippen LogP contribution in [0.25, 0.3) is 0 Å². The van der Waals surface area contributed by atoms with Crippen LogP contribution in [0.4, 0.5) is 0 Å². The number of halogens is 1. The topological polar surface area (TPSA) is 94.3 Å². The molecular formula is C8H8ClNO5S. The van der Waals surface area contributed by atoms with Crippen molar-refractivity contribution in [1.82, 2.24) is 0 Å². The molecule has 0 bridgehead atoms. The number of sulfone groups is 1. The summed E-state index contributed by atoms with van der Waals surface area (Å²) in [6.07, 6.45) is 3.48. The molecule has 1 atom stereocenters. The number of nitrogens with zero attached hydrogens (tertiary/aromatic N) is 1. The maximum absolute atomic E-state index is 11.4. The Kier molecular flexibility index (Phi) is 3.20. The van der Waals surface area contributed by atoms with Crippen molar-refractivity contribution in [2.24, 2.45) is 0 Å². The summed E-state index contributed by atoms with van der Waals surface area (Å²) < 4.78 is 22.8. The quantitative estimate of drug-likeness (QED) is 0.424. The highest BCUT2D eigenvalue weighted by Crippen LogP contribution is 2.29. The van der Waals surface area contributed by atoms with Crippen molar-refractivity contribution in [2.45, 2.75) is 11.3 Å². The van der Waals surface area contributed by atoms with Crippen LogP contribution in [0, 0.1) is 10.1 Å². The van der Waals surface area contributed by atoms with Crippen LogP contribution < -0.4 is 0 Å². The predicted molar refractivity (Wildman–Crippen MR) is 57.3 cm³/mol. The number of carbonyl (C=O) groups is 1. The number of nitro groups is 1. The zero-order valence-electron chi connectivity index (χ0n) is 8.21. The summed E-state index contributed by atoms with van der Waals surface area (Å²) in [6, 6.07) is 0. The van der Waals surface area contributed by atoms with Crippen molar-refractivity contribution in [3.8, 4) is 0 Å². The fraction of sp³-hybridized carbons (Fsp3) is 0.375. The molecule has 0 saturated heterocycles. The van der Waals surface area contributed by atoms with E-state index in [1.54, 1.807) is 0 Å². The molecule has 88 valence electrons. The van der Waals surface area contributed by atoms with Crippen LogP contribution in [-0.2, 0) is 14.6 Å². The van der Waals surface area contributed by atoms with Crippen molar-refractivity contribution in [1.29, 1.82) is 0 Å². The number of carbonyl (C=O) groups excluding carboxylic acids is 1. The molecule has 8 heteroatoms. The van der Waals surface area contributed by atoms with Gasteiger partial charge in [0.05, 0.1) is 6.42 Å². The molecule has 16 heavy (non-hydrogen) atoms. The highest BCUT2D eigenvalue weighted by atomic mass is 35.5. The van der Waals surface area contributed by atoms with Gasteiger partial charge in [-0.3, -0.25) is 14.9 Å². The molecule has 0 aromatic heterocycles. The summed E-state index contributed by atoms with van der Waals surface area (Å²) in [5.41, 5.74) is 0.0581. The van der Waals surface area contributed by atoms with Gasteiger partial charge in [-0.1, -0.05) is 6.08 Å². The minimum absolute atomic E-state index is 0.0581. The lowest BCUT2D eigenvalue weighted by atomic mass is 10.0. The lowest BCUT2D eigenvalue weighted by Crippen LogP contribution is -2.44. The Bertz CT molecular complexity index is 507. The highest BCUT2D eigenvalue weighted by molar-refractivity contribution is 7.92. The van der Waals surface area contributed by atoms with Gasteiger partial charge in [0.1, 0.15) is 0 Å². The third-order valence-electron chi connectivity index (χ3n) is 2.32. The van der Waals surface area contributed by atoms with E-state index in [1.165, 1.54) is 0 Å². The summed E-state index contributed by atoms with van der Waals surface area (Å²) in [7, 11) is -3.92. The maximum atomic E-state index is 11.4. The van der Waals surface area contributed by atoms with Crippen LogP contribution in [0.3, 0.4) is 0 Å². The Labute approximate surface area is 96.7 Å².